The lowest BCUT2D eigenvalue weighted by Gasteiger charge is -2.44. The van der Waals surface area contributed by atoms with E-state index in [-0.39, 0.29) is 59.5 Å². The van der Waals surface area contributed by atoms with Crippen LogP contribution in [0.25, 0.3) is 0 Å². The topological polar surface area (TPSA) is 105 Å². The molecule has 2 aromatic rings. The number of carbonyl (C=O) groups excluding carboxylic acids is 2. The third kappa shape index (κ3) is 5.69. The van der Waals surface area contributed by atoms with Crippen LogP contribution in [0.3, 0.4) is 0 Å². The highest BCUT2D eigenvalue weighted by molar-refractivity contribution is 6.39. The number of ketones is 1. The minimum Gasteiger partial charge on any atom is -0.481 e. The molecule has 0 radical (unpaired) electrons. The molecule has 3 aliphatic carbocycles. The van der Waals surface area contributed by atoms with Crippen molar-refractivity contribution in [2.45, 2.75) is 76.2 Å². The summed E-state index contributed by atoms with van der Waals surface area (Å²) in [5.74, 6) is -3.00. The fraction of sp³-hybridized carbons (Fsp3) is 0.593. The number of pyridine rings is 1. The molecule has 0 aromatic carbocycles. The Bertz CT molecular complexity index is 1370. The highest BCUT2D eigenvalue weighted by Crippen LogP contribution is 2.66. The molecule has 3 saturated carbocycles. The van der Waals surface area contributed by atoms with Crippen LogP contribution in [0.15, 0.2) is 18.6 Å². The maximum absolute atomic E-state index is 15.7. The van der Waals surface area contributed by atoms with Gasteiger partial charge in [0.1, 0.15) is 5.67 Å². The second-order valence-corrected chi connectivity index (χ2v) is 12.8. The number of amides is 1. The molecule has 0 saturated heterocycles. The van der Waals surface area contributed by atoms with Crippen molar-refractivity contribution in [3.63, 3.8) is 0 Å². The molecular formula is C27H28Cl2F4N4O4. The smallest absolute Gasteiger partial charge is 0.433 e. The van der Waals surface area contributed by atoms with Crippen LogP contribution >= 0.6 is 23.2 Å². The van der Waals surface area contributed by atoms with E-state index in [1.165, 1.54) is 0 Å². The normalized spacial score (nSPS) is 24.5. The van der Waals surface area contributed by atoms with Gasteiger partial charge in [-0.3, -0.25) is 24.0 Å². The first-order valence-electron chi connectivity index (χ1n) is 13.3. The van der Waals surface area contributed by atoms with Crippen molar-refractivity contribution in [2.24, 2.45) is 10.8 Å². The van der Waals surface area contributed by atoms with Gasteiger partial charge in [-0.2, -0.15) is 18.3 Å². The van der Waals surface area contributed by atoms with E-state index in [2.05, 4.69) is 10.1 Å². The van der Waals surface area contributed by atoms with Crippen molar-refractivity contribution in [2.75, 3.05) is 13.1 Å². The second kappa shape index (κ2) is 10.2. The van der Waals surface area contributed by atoms with Crippen molar-refractivity contribution < 1.29 is 37.1 Å². The van der Waals surface area contributed by atoms with Crippen LogP contribution < -0.4 is 0 Å². The molecule has 0 bridgehead atoms. The van der Waals surface area contributed by atoms with E-state index >= 15 is 4.39 Å². The third-order valence-electron chi connectivity index (χ3n) is 8.78. The summed E-state index contributed by atoms with van der Waals surface area (Å²) in [6, 6.07) is -0.793. The van der Waals surface area contributed by atoms with E-state index in [9.17, 15) is 32.7 Å². The lowest BCUT2D eigenvalue weighted by Crippen LogP contribution is -2.52. The third-order valence-corrected chi connectivity index (χ3v) is 9.36. The lowest BCUT2D eigenvalue weighted by molar-refractivity contribution is -0.152. The van der Waals surface area contributed by atoms with Gasteiger partial charge >= 0.3 is 12.1 Å². The Morgan fingerprint density at radius 2 is 1.66 bits per heavy atom. The molecular weight excluding hydrogens is 591 g/mol. The molecule has 2 aromatic heterocycles. The predicted molar refractivity (Wildman–Crippen MR) is 140 cm³/mol. The number of Topliss-reactive ketones (excluding diaryl/α,β-unsaturated/α-hetero) is 1. The van der Waals surface area contributed by atoms with Crippen LogP contribution in [0.4, 0.5) is 17.6 Å². The fourth-order valence-corrected chi connectivity index (χ4v) is 6.93. The Kier molecular flexibility index (Phi) is 7.41. The van der Waals surface area contributed by atoms with Crippen LogP contribution in [-0.2, 0) is 11.0 Å². The SMILES string of the molecule is CC1(C(=O)O)CCC(n2ncc(C(=O)N(CC(=O)c3c(Cl)cncc3Cl)CC3(F)CC4(CC4)C3)c2C(F)(F)F)CC1. The van der Waals surface area contributed by atoms with Crippen LogP contribution in [-0.4, -0.2) is 61.2 Å². The van der Waals surface area contributed by atoms with Crippen LogP contribution in [0.1, 0.15) is 90.7 Å². The van der Waals surface area contributed by atoms with Gasteiger partial charge in [-0.15, -0.1) is 0 Å². The average Bonchev–Trinajstić information content (AvgIpc) is 3.48. The molecule has 3 fully saturated rings. The van der Waals surface area contributed by atoms with E-state index in [4.69, 9.17) is 23.2 Å². The average molecular weight is 619 g/mol. The molecule has 1 amide bonds. The van der Waals surface area contributed by atoms with E-state index in [1.807, 2.05) is 0 Å². The summed E-state index contributed by atoms with van der Waals surface area (Å²) in [6.45, 7) is 0.204. The molecule has 1 N–H and O–H groups in total. The van der Waals surface area contributed by atoms with Crippen LogP contribution in [0, 0.1) is 10.8 Å². The standard InChI is InChI=1S/C27H28Cl2F4N4O4/c1-24(23(40)41)4-2-15(3-5-24)37-21(27(31,32)33)16(8-35-37)22(39)36(14-26(30)12-25(13-26)6-7-25)11-19(38)20-17(28)9-34-10-18(20)29/h8-10,15H,2-7,11-14H2,1H3,(H,40,41). The van der Waals surface area contributed by atoms with Gasteiger partial charge in [0.2, 0.25) is 0 Å². The minimum absolute atomic E-state index is 0.109. The first-order valence-corrected chi connectivity index (χ1v) is 14.0. The van der Waals surface area contributed by atoms with Crippen molar-refractivity contribution in [3.8, 4) is 0 Å². The van der Waals surface area contributed by atoms with Gasteiger partial charge in [0.25, 0.3) is 5.91 Å². The molecule has 222 valence electrons. The summed E-state index contributed by atoms with van der Waals surface area (Å²) >= 11 is 12.2. The molecule has 0 atom stereocenters. The van der Waals surface area contributed by atoms with E-state index in [1.54, 1.807) is 6.92 Å². The largest absolute Gasteiger partial charge is 0.481 e. The number of alkyl halides is 4. The molecule has 41 heavy (non-hydrogen) atoms. The molecule has 3 aliphatic rings. The zero-order chi connectivity index (χ0) is 30.0. The van der Waals surface area contributed by atoms with Crippen LogP contribution in [0.5, 0.6) is 0 Å². The summed E-state index contributed by atoms with van der Waals surface area (Å²) in [6.07, 6.45) is 0.600. The molecule has 8 nitrogen and oxygen atoms in total. The second-order valence-electron chi connectivity index (χ2n) is 12.0. The Morgan fingerprint density at radius 1 is 1.07 bits per heavy atom. The monoisotopic (exact) mass is 618 g/mol. The molecule has 0 aliphatic heterocycles. The summed E-state index contributed by atoms with van der Waals surface area (Å²) in [5, 5.41) is 13.2. The quantitative estimate of drug-likeness (QED) is 0.270. The van der Waals surface area contributed by atoms with Gasteiger partial charge in [0.05, 0.1) is 51.9 Å². The molecule has 1 spiro atoms. The zero-order valence-electron chi connectivity index (χ0n) is 22.1. The van der Waals surface area contributed by atoms with Gasteiger partial charge in [0.15, 0.2) is 11.5 Å². The number of hydrogen-bond acceptors (Lipinski definition) is 5. The number of aliphatic carboxylic acids is 1. The molecule has 14 heteroatoms. The molecule has 5 rings (SSSR count). The van der Waals surface area contributed by atoms with Crippen molar-refractivity contribution in [3.05, 3.63) is 45.5 Å². The fourth-order valence-electron chi connectivity index (χ4n) is 6.35. The first kappa shape index (κ1) is 29.8. The van der Waals surface area contributed by atoms with Crippen LogP contribution in [0.2, 0.25) is 10.0 Å². The van der Waals surface area contributed by atoms with E-state index in [0.717, 1.165) is 41.0 Å². The van der Waals surface area contributed by atoms with E-state index in [0.29, 0.717) is 0 Å². The number of hydrogen-bond donors (Lipinski definition) is 1. The van der Waals surface area contributed by atoms with Crippen molar-refractivity contribution >= 4 is 40.9 Å². The summed E-state index contributed by atoms with van der Waals surface area (Å²) < 4.78 is 59.8. The number of nitrogens with zero attached hydrogens (tertiary/aromatic N) is 4. The summed E-state index contributed by atoms with van der Waals surface area (Å²) in [4.78, 5) is 43.1. The summed E-state index contributed by atoms with van der Waals surface area (Å²) in [5.41, 5.74) is -5.34. The Labute approximate surface area is 243 Å². The van der Waals surface area contributed by atoms with Gasteiger partial charge in [-0.25, -0.2) is 4.39 Å². The number of carboxylic acids is 1. The van der Waals surface area contributed by atoms with Gasteiger partial charge in [-0.05, 0) is 63.7 Å². The van der Waals surface area contributed by atoms with Gasteiger partial charge in [0, 0.05) is 12.4 Å². The maximum atomic E-state index is 15.7. The number of carboxylic acid groups (broad SMARTS) is 1. The molecule has 0 unspecified atom stereocenters. The number of carbonyl (C=O) groups is 3. The lowest BCUT2D eigenvalue weighted by atomic mass is 9.69. The Hall–Kier alpha value is -2.73. The zero-order valence-corrected chi connectivity index (χ0v) is 23.6. The van der Waals surface area contributed by atoms with Gasteiger partial charge < -0.3 is 10.0 Å². The van der Waals surface area contributed by atoms with Gasteiger partial charge in [-0.1, -0.05) is 23.2 Å². The Balaban J connectivity index is 1.46. The number of aromatic nitrogens is 3. The highest BCUT2D eigenvalue weighted by Gasteiger charge is 2.62. The predicted octanol–water partition coefficient (Wildman–Crippen LogP) is 6.42. The number of halogens is 6. The first-order chi connectivity index (χ1) is 19.1. The minimum atomic E-state index is -5.01. The van der Waals surface area contributed by atoms with Crippen molar-refractivity contribution in [1.29, 1.82) is 0 Å². The van der Waals surface area contributed by atoms with E-state index < -0.39 is 65.3 Å². The Morgan fingerprint density at radius 3 is 2.17 bits per heavy atom. The maximum Gasteiger partial charge on any atom is 0.433 e. The highest BCUT2D eigenvalue weighted by atomic mass is 35.5. The summed E-state index contributed by atoms with van der Waals surface area (Å²) in [7, 11) is 0. The molecule has 2 heterocycles. The van der Waals surface area contributed by atoms with Crippen molar-refractivity contribution in [1.82, 2.24) is 19.7 Å². The number of rotatable bonds is 8.